The maximum absolute atomic E-state index is 13.2. The van der Waals surface area contributed by atoms with E-state index in [-0.39, 0.29) is 11.3 Å². The van der Waals surface area contributed by atoms with Gasteiger partial charge in [0.05, 0.1) is 5.56 Å². The van der Waals surface area contributed by atoms with Crippen LogP contribution < -0.4 is 0 Å². The summed E-state index contributed by atoms with van der Waals surface area (Å²) in [7, 11) is -5.97. The van der Waals surface area contributed by atoms with E-state index in [1.54, 1.807) is 0 Å². The highest BCUT2D eigenvalue weighted by Gasteiger charge is 2.53. The Labute approximate surface area is 124 Å². The van der Waals surface area contributed by atoms with Crippen LogP contribution in [0.4, 0.5) is 13.2 Å². The minimum atomic E-state index is -5.97. The topological polar surface area (TPSA) is 101 Å². The van der Waals surface area contributed by atoms with Gasteiger partial charge in [0.2, 0.25) is 6.17 Å². The highest BCUT2D eigenvalue weighted by atomic mass is 32.2. The van der Waals surface area contributed by atoms with Crippen molar-refractivity contribution in [3.05, 3.63) is 28.8 Å². The smallest absolute Gasteiger partial charge is 0.403 e. The maximum atomic E-state index is 13.2. The molecule has 0 aliphatic carbocycles. The quantitative estimate of drug-likeness (QED) is 0.627. The molecule has 0 saturated carbocycles. The van der Waals surface area contributed by atoms with Gasteiger partial charge in [-0.05, 0) is 37.1 Å². The molecule has 1 aromatic rings. The number of halogens is 3. The van der Waals surface area contributed by atoms with Gasteiger partial charge in [-0.2, -0.15) is 17.2 Å². The Balaban J connectivity index is 2.83. The van der Waals surface area contributed by atoms with Crippen molar-refractivity contribution >= 4 is 16.1 Å². The van der Waals surface area contributed by atoms with Crippen molar-refractivity contribution < 1.29 is 40.8 Å². The summed E-state index contributed by atoms with van der Waals surface area (Å²) in [5.41, 5.74) is 0.495. The predicted octanol–water partition coefficient (Wildman–Crippen LogP) is 1.98. The Hall–Kier alpha value is -1.81. The summed E-state index contributed by atoms with van der Waals surface area (Å²) in [5, 5.41) is 4.43. The monoisotopic (exact) mass is 342 g/mol. The largest absolute Gasteiger partial charge is 0.507 e. The van der Waals surface area contributed by atoms with Gasteiger partial charge in [0.15, 0.2) is 0 Å². The maximum Gasteiger partial charge on any atom is 0.403 e. The molecule has 0 spiro atoms. The molecule has 1 unspecified atom stereocenters. The summed E-state index contributed by atoms with van der Waals surface area (Å²) >= 11 is 0. The van der Waals surface area contributed by atoms with Crippen molar-refractivity contribution in [3.8, 4) is 5.75 Å². The van der Waals surface area contributed by atoms with Gasteiger partial charge in [0.1, 0.15) is 12.4 Å². The van der Waals surface area contributed by atoms with Crippen LogP contribution in [0.15, 0.2) is 12.1 Å². The molecule has 0 fully saturated rings. The van der Waals surface area contributed by atoms with Crippen molar-refractivity contribution in [3.63, 3.8) is 0 Å². The molecule has 0 aliphatic heterocycles. The number of benzene rings is 1. The van der Waals surface area contributed by atoms with Crippen LogP contribution in [0.1, 0.15) is 21.5 Å². The van der Waals surface area contributed by atoms with Gasteiger partial charge < -0.3 is 9.84 Å². The van der Waals surface area contributed by atoms with E-state index >= 15 is 0 Å². The minimum absolute atomic E-state index is 0.0715. The van der Waals surface area contributed by atoms with Crippen molar-refractivity contribution in [2.24, 2.45) is 0 Å². The van der Waals surface area contributed by atoms with E-state index in [1.165, 1.54) is 26.0 Å². The number of rotatable bonds is 5. The highest BCUT2D eigenvalue weighted by Crippen LogP contribution is 2.28. The Bertz CT molecular complexity index is 663. The summed E-state index contributed by atoms with van der Waals surface area (Å²) < 4.78 is 72.2. The zero-order valence-electron chi connectivity index (χ0n) is 11.5. The summed E-state index contributed by atoms with van der Waals surface area (Å²) in [4.78, 5) is 11.6. The standard InChI is InChI=1S/C12H13F3O6S/c1-6-3-8(4-7(2)10(6)16)11(17)21-5-9(13)12(14,15)22(18,19)20/h3-4,9,16H,5H2,1-2H3,(H,18,19,20). The number of carbonyl (C=O) groups excluding carboxylic acids is 1. The number of ether oxygens (including phenoxy) is 1. The van der Waals surface area contributed by atoms with Crippen molar-refractivity contribution in [2.45, 2.75) is 25.3 Å². The van der Waals surface area contributed by atoms with E-state index in [1.807, 2.05) is 0 Å². The van der Waals surface area contributed by atoms with Crippen LogP contribution in [0.5, 0.6) is 5.75 Å². The fourth-order valence-corrected chi connectivity index (χ4v) is 1.96. The number of phenols is 1. The van der Waals surface area contributed by atoms with Crippen LogP contribution in [-0.4, -0.2) is 42.1 Å². The third-order valence-electron chi connectivity index (χ3n) is 2.80. The fourth-order valence-electron chi connectivity index (χ4n) is 1.56. The van der Waals surface area contributed by atoms with Gasteiger partial charge in [-0.25, -0.2) is 9.18 Å². The molecule has 0 radical (unpaired) electrons. The summed E-state index contributed by atoms with van der Waals surface area (Å²) in [6, 6.07) is 2.39. The van der Waals surface area contributed by atoms with Gasteiger partial charge in [-0.15, -0.1) is 0 Å². The van der Waals surface area contributed by atoms with E-state index < -0.39 is 34.1 Å². The lowest BCUT2D eigenvalue weighted by atomic mass is 10.1. The van der Waals surface area contributed by atoms with E-state index in [9.17, 15) is 31.5 Å². The van der Waals surface area contributed by atoms with Crippen molar-refractivity contribution in [1.29, 1.82) is 0 Å². The molecule has 0 saturated heterocycles. The average molecular weight is 342 g/mol. The Morgan fingerprint density at radius 3 is 2.18 bits per heavy atom. The van der Waals surface area contributed by atoms with Crippen molar-refractivity contribution in [1.82, 2.24) is 0 Å². The Morgan fingerprint density at radius 1 is 1.32 bits per heavy atom. The molecular formula is C12H13F3O6S. The minimum Gasteiger partial charge on any atom is -0.507 e. The number of hydrogen-bond acceptors (Lipinski definition) is 5. The Kier molecular flexibility index (Phi) is 5.08. The molecule has 0 amide bonds. The second-order valence-electron chi connectivity index (χ2n) is 4.56. The van der Waals surface area contributed by atoms with Crippen LogP contribution in [0.2, 0.25) is 0 Å². The van der Waals surface area contributed by atoms with Crippen molar-refractivity contribution in [2.75, 3.05) is 6.61 Å². The average Bonchev–Trinajstić information content (AvgIpc) is 2.39. The van der Waals surface area contributed by atoms with Gasteiger partial charge in [-0.3, -0.25) is 4.55 Å². The fraction of sp³-hybridized carbons (Fsp3) is 0.417. The van der Waals surface area contributed by atoms with Gasteiger partial charge in [-0.1, -0.05) is 0 Å². The number of esters is 1. The molecule has 0 aliphatic rings. The highest BCUT2D eigenvalue weighted by molar-refractivity contribution is 7.86. The van der Waals surface area contributed by atoms with E-state index in [0.717, 1.165) is 0 Å². The molecule has 1 rings (SSSR count). The van der Waals surface area contributed by atoms with Gasteiger partial charge in [0.25, 0.3) is 0 Å². The third-order valence-corrected chi connectivity index (χ3v) is 3.74. The number of hydrogen-bond donors (Lipinski definition) is 2. The first-order valence-electron chi connectivity index (χ1n) is 5.84. The summed E-state index contributed by atoms with van der Waals surface area (Å²) in [6.07, 6.45) is -3.43. The van der Waals surface area contributed by atoms with Gasteiger partial charge >= 0.3 is 21.3 Å². The number of aromatic hydroxyl groups is 1. The van der Waals surface area contributed by atoms with E-state index in [4.69, 9.17) is 4.55 Å². The first-order valence-corrected chi connectivity index (χ1v) is 7.28. The lowest BCUT2D eigenvalue weighted by molar-refractivity contribution is -0.0357. The van der Waals surface area contributed by atoms with Crippen LogP contribution in [-0.2, 0) is 14.9 Å². The van der Waals surface area contributed by atoms with Crippen LogP contribution in [0.25, 0.3) is 0 Å². The molecule has 1 aromatic carbocycles. The van der Waals surface area contributed by atoms with E-state index in [0.29, 0.717) is 11.1 Å². The molecule has 2 N–H and O–H groups in total. The molecule has 10 heteroatoms. The predicted molar refractivity (Wildman–Crippen MR) is 69.3 cm³/mol. The molecule has 1 atom stereocenters. The number of carbonyl (C=O) groups is 1. The first-order chi connectivity index (χ1) is 9.87. The number of alkyl halides is 3. The molecule has 0 aromatic heterocycles. The second kappa shape index (κ2) is 6.13. The third kappa shape index (κ3) is 3.69. The van der Waals surface area contributed by atoms with E-state index in [2.05, 4.69) is 4.74 Å². The first kappa shape index (κ1) is 18.2. The lowest BCUT2D eigenvalue weighted by Gasteiger charge is -2.17. The number of phenolic OH excluding ortho intramolecular Hbond substituents is 1. The lowest BCUT2D eigenvalue weighted by Crippen LogP contribution is -2.41. The second-order valence-corrected chi connectivity index (χ2v) is 6.06. The Morgan fingerprint density at radius 2 is 1.77 bits per heavy atom. The summed E-state index contributed by atoms with van der Waals surface area (Å²) in [5.74, 6) is -1.25. The van der Waals surface area contributed by atoms with Crippen LogP contribution in [0.3, 0.4) is 0 Å². The normalized spacial score (nSPS) is 13.7. The van der Waals surface area contributed by atoms with Crippen LogP contribution in [0, 0.1) is 13.8 Å². The SMILES string of the molecule is Cc1cc(C(=O)OCC(F)C(F)(F)S(=O)(=O)O)cc(C)c1O. The number of aryl methyl sites for hydroxylation is 2. The zero-order chi connectivity index (χ0) is 17.3. The molecule has 0 heterocycles. The molecular weight excluding hydrogens is 329 g/mol. The van der Waals surface area contributed by atoms with Crippen LogP contribution >= 0.6 is 0 Å². The molecule has 6 nitrogen and oxygen atoms in total. The molecule has 22 heavy (non-hydrogen) atoms. The summed E-state index contributed by atoms with van der Waals surface area (Å²) in [6.45, 7) is 1.39. The van der Waals surface area contributed by atoms with Gasteiger partial charge in [0, 0.05) is 0 Å². The zero-order valence-corrected chi connectivity index (χ0v) is 12.3. The molecule has 0 bridgehead atoms. The molecule has 124 valence electrons.